The predicted octanol–water partition coefficient (Wildman–Crippen LogP) is 4.46. The Kier molecular flexibility index (Phi) is 5.51. The van der Waals surface area contributed by atoms with Crippen LogP contribution in [-0.2, 0) is 17.8 Å². The van der Waals surface area contributed by atoms with Crippen LogP contribution in [0.3, 0.4) is 0 Å². The van der Waals surface area contributed by atoms with Gasteiger partial charge in [0.05, 0.1) is 6.54 Å². The molecule has 0 saturated carbocycles. The minimum absolute atomic E-state index is 0.0359. The number of hydrogen-bond donors (Lipinski definition) is 1. The lowest BCUT2D eigenvalue weighted by molar-refractivity contribution is -0.116. The zero-order valence-electron chi connectivity index (χ0n) is 14.1. The molecule has 1 amide bonds. The maximum Gasteiger partial charge on any atom is 0.225 e. The van der Waals surface area contributed by atoms with Gasteiger partial charge in [0, 0.05) is 23.2 Å². The van der Waals surface area contributed by atoms with E-state index < -0.39 is 0 Å². The zero-order valence-corrected chi connectivity index (χ0v) is 14.8. The molecule has 128 valence electrons. The molecule has 3 rings (SSSR count). The maximum absolute atomic E-state index is 12.1. The highest BCUT2D eigenvalue weighted by atomic mass is 35.5. The molecule has 0 saturated heterocycles. The smallest absolute Gasteiger partial charge is 0.225 e. The summed E-state index contributed by atoms with van der Waals surface area (Å²) in [7, 11) is 0. The van der Waals surface area contributed by atoms with E-state index >= 15 is 0 Å². The second kappa shape index (κ2) is 7.99. The van der Waals surface area contributed by atoms with Crippen LogP contribution < -0.4 is 5.32 Å². The van der Waals surface area contributed by atoms with Gasteiger partial charge < -0.3 is 5.32 Å². The minimum atomic E-state index is -0.0359. The third-order valence-corrected chi connectivity index (χ3v) is 4.38. The van der Waals surface area contributed by atoms with Crippen LogP contribution in [0.5, 0.6) is 0 Å². The predicted molar refractivity (Wildman–Crippen MR) is 101 cm³/mol. The van der Waals surface area contributed by atoms with E-state index in [-0.39, 0.29) is 5.91 Å². The molecule has 0 aliphatic heterocycles. The Morgan fingerprint density at radius 3 is 2.60 bits per heavy atom. The molecule has 0 aliphatic carbocycles. The Hall–Kier alpha value is -2.59. The topological polar surface area (TPSA) is 46.9 Å². The van der Waals surface area contributed by atoms with Gasteiger partial charge in [-0.1, -0.05) is 60.1 Å². The molecular weight excluding hydrogens is 334 g/mol. The summed E-state index contributed by atoms with van der Waals surface area (Å²) in [6.45, 7) is 2.54. The van der Waals surface area contributed by atoms with Crippen LogP contribution in [0.1, 0.15) is 23.2 Å². The van der Waals surface area contributed by atoms with Crippen molar-refractivity contribution in [3.8, 4) is 0 Å². The summed E-state index contributed by atoms with van der Waals surface area (Å²) < 4.78 is 1.84. The number of aryl methyl sites for hydroxylation is 2. The summed E-state index contributed by atoms with van der Waals surface area (Å²) >= 11 is 6.21. The third-order valence-electron chi connectivity index (χ3n) is 4.01. The van der Waals surface area contributed by atoms with Crippen LogP contribution in [0, 0.1) is 6.92 Å². The molecule has 2 aromatic carbocycles. The first kappa shape index (κ1) is 17.2. The molecule has 0 fully saturated rings. The molecule has 0 bridgehead atoms. The Morgan fingerprint density at radius 2 is 1.84 bits per heavy atom. The number of carbonyl (C=O) groups is 1. The molecule has 1 N–H and O–H groups in total. The van der Waals surface area contributed by atoms with E-state index in [1.807, 2.05) is 72.3 Å². The number of carbonyl (C=O) groups excluding carboxylic acids is 1. The SMILES string of the molecule is Cc1cc(NC(=O)CCc2ccccc2)nn1Cc1ccccc1Cl. The number of rotatable bonds is 6. The van der Waals surface area contributed by atoms with Gasteiger partial charge in [-0.25, -0.2) is 0 Å². The first-order valence-electron chi connectivity index (χ1n) is 8.23. The molecule has 0 atom stereocenters. The second-order valence-electron chi connectivity index (χ2n) is 5.95. The molecular formula is C20H20ClN3O. The summed E-state index contributed by atoms with van der Waals surface area (Å²) in [5.41, 5.74) is 3.12. The maximum atomic E-state index is 12.1. The first-order chi connectivity index (χ1) is 12.1. The third kappa shape index (κ3) is 4.70. The highest BCUT2D eigenvalue weighted by Crippen LogP contribution is 2.18. The summed E-state index contributed by atoms with van der Waals surface area (Å²) in [5.74, 6) is 0.536. The van der Waals surface area contributed by atoms with Crippen molar-refractivity contribution in [2.75, 3.05) is 5.32 Å². The quantitative estimate of drug-likeness (QED) is 0.711. The van der Waals surface area contributed by atoms with E-state index in [0.717, 1.165) is 16.8 Å². The van der Waals surface area contributed by atoms with Gasteiger partial charge in [-0.2, -0.15) is 5.10 Å². The largest absolute Gasteiger partial charge is 0.309 e. The van der Waals surface area contributed by atoms with Gasteiger partial charge in [0.25, 0.3) is 0 Å². The van der Waals surface area contributed by atoms with Crippen molar-refractivity contribution in [3.63, 3.8) is 0 Å². The van der Waals surface area contributed by atoms with Crippen molar-refractivity contribution in [2.45, 2.75) is 26.3 Å². The van der Waals surface area contributed by atoms with Gasteiger partial charge >= 0.3 is 0 Å². The number of anilines is 1. The Morgan fingerprint density at radius 1 is 1.12 bits per heavy atom. The average Bonchev–Trinajstić information content (AvgIpc) is 2.95. The zero-order chi connectivity index (χ0) is 17.6. The minimum Gasteiger partial charge on any atom is -0.309 e. The van der Waals surface area contributed by atoms with E-state index in [2.05, 4.69) is 10.4 Å². The second-order valence-corrected chi connectivity index (χ2v) is 6.36. The fraction of sp³-hybridized carbons (Fsp3) is 0.200. The van der Waals surface area contributed by atoms with Crippen LogP contribution in [0.4, 0.5) is 5.82 Å². The molecule has 25 heavy (non-hydrogen) atoms. The lowest BCUT2D eigenvalue weighted by Gasteiger charge is -2.06. The number of halogens is 1. The molecule has 1 aromatic heterocycles. The lowest BCUT2D eigenvalue weighted by atomic mass is 10.1. The molecule has 0 radical (unpaired) electrons. The number of nitrogens with one attached hydrogen (secondary N) is 1. The standard InChI is InChI=1S/C20H20ClN3O/c1-15-13-19(22-20(25)12-11-16-7-3-2-4-8-16)23-24(15)14-17-9-5-6-10-18(17)21/h2-10,13H,11-12,14H2,1H3,(H,22,23,25). The summed E-state index contributed by atoms with van der Waals surface area (Å²) in [4.78, 5) is 12.1. The van der Waals surface area contributed by atoms with E-state index in [0.29, 0.717) is 30.2 Å². The van der Waals surface area contributed by atoms with E-state index in [1.54, 1.807) is 0 Å². The number of hydrogen-bond acceptors (Lipinski definition) is 2. The summed E-state index contributed by atoms with van der Waals surface area (Å²) in [6.07, 6.45) is 1.15. The van der Waals surface area contributed by atoms with Crippen LogP contribution in [-0.4, -0.2) is 15.7 Å². The molecule has 0 spiro atoms. The van der Waals surface area contributed by atoms with Gasteiger partial charge in [-0.05, 0) is 30.5 Å². The number of benzene rings is 2. The van der Waals surface area contributed by atoms with Crippen molar-refractivity contribution in [1.29, 1.82) is 0 Å². The number of aromatic nitrogens is 2. The van der Waals surface area contributed by atoms with Crippen LogP contribution in [0.15, 0.2) is 60.7 Å². The molecule has 4 nitrogen and oxygen atoms in total. The first-order valence-corrected chi connectivity index (χ1v) is 8.61. The Balaban J connectivity index is 1.60. The van der Waals surface area contributed by atoms with Crippen molar-refractivity contribution in [2.24, 2.45) is 0 Å². The Bertz CT molecular complexity index is 858. The van der Waals surface area contributed by atoms with E-state index in [1.165, 1.54) is 0 Å². The van der Waals surface area contributed by atoms with Crippen molar-refractivity contribution in [1.82, 2.24) is 9.78 Å². The summed E-state index contributed by atoms with van der Waals surface area (Å²) in [5, 5.41) is 8.05. The fourth-order valence-corrected chi connectivity index (χ4v) is 2.82. The molecule has 0 aliphatic rings. The van der Waals surface area contributed by atoms with Gasteiger partial charge in [0.2, 0.25) is 5.91 Å². The monoisotopic (exact) mass is 353 g/mol. The number of nitrogens with zero attached hydrogens (tertiary/aromatic N) is 2. The average molecular weight is 354 g/mol. The summed E-state index contributed by atoms with van der Waals surface area (Å²) in [6, 6.07) is 19.5. The normalized spacial score (nSPS) is 10.6. The Labute approximate surface area is 152 Å². The number of amides is 1. The van der Waals surface area contributed by atoms with Gasteiger partial charge in [0.15, 0.2) is 5.82 Å². The van der Waals surface area contributed by atoms with Gasteiger partial charge in [-0.15, -0.1) is 0 Å². The molecule has 0 unspecified atom stereocenters. The van der Waals surface area contributed by atoms with Crippen LogP contribution in [0.2, 0.25) is 5.02 Å². The fourth-order valence-electron chi connectivity index (χ4n) is 2.63. The van der Waals surface area contributed by atoms with E-state index in [9.17, 15) is 4.79 Å². The highest BCUT2D eigenvalue weighted by Gasteiger charge is 2.10. The van der Waals surface area contributed by atoms with Crippen molar-refractivity contribution < 1.29 is 4.79 Å². The van der Waals surface area contributed by atoms with Crippen molar-refractivity contribution >= 4 is 23.3 Å². The highest BCUT2D eigenvalue weighted by molar-refractivity contribution is 6.31. The van der Waals surface area contributed by atoms with Crippen molar-refractivity contribution in [3.05, 3.63) is 82.5 Å². The van der Waals surface area contributed by atoms with Gasteiger partial charge in [0.1, 0.15) is 0 Å². The van der Waals surface area contributed by atoms with Gasteiger partial charge in [-0.3, -0.25) is 9.48 Å². The molecule has 3 aromatic rings. The van der Waals surface area contributed by atoms with E-state index in [4.69, 9.17) is 11.6 Å². The molecule has 5 heteroatoms. The van der Waals surface area contributed by atoms with Crippen LogP contribution >= 0.6 is 11.6 Å². The molecule has 1 heterocycles. The van der Waals surface area contributed by atoms with Crippen LogP contribution in [0.25, 0.3) is 0 Å². The lowest BCUT2D eigenvalue weighted by Crippen LogP contribution is -2.13.